The molecule has 0 bridgehead atoms. The predicted molar refractivity (Wildman–Crippen MR) is 80.3 cm³/mol. The average Bonchev–Trinajstić information content (AvgIpc) is 2.46. The van der Waals surface area contributed by atoms with Crippen molar-refractivity contribution in [2.45, 2.75) is 6.61 Å². The van der Waals surface area contributed by atoms with E-state index < -0.39 is 0 Å². The molecule has 20 heavy (non-hydrogen) atoms. The first-order valence-corrected chi connectivity index (χ1v) is 6.77. The van der Waals surface area contributed by atoms with Crippen LogP contribution in [0.5, 0.6) is 5.75 Å². The molecule has 0 fully saturated rings. The number of nitrogens with zero attached hydrogens (tertiary/aromatic N) is 2. The fourth-order valence-electron chi connectivity index (χ4n) is 1.91. The molecule has 0 unspecified atom stereocenters. The van der Waals surface area contributed by atoms with Crippen molar-refractivity contribution in [1.82, 2.24) is 9.97 Å². The third-order valence-electron chi connectivity index (χ3n) is 2.88. The fourth-order valence-corrected chi connectivity index (χ4v) is 2.30. The Balaban J connectivity index is 1.87. The van der Waals surface area contributed by atoms with Crippen LogP contribution in [0.15, 0.2) is 48.7 Å². The first-order chi connectivity index (χ1) is 9.74. The highest BCUT2D eigenvalue weighted by molar-refractivity contribution is 6.32. The molecule has 0 spiro atoms. The van der Waals surface area contributed by atoms with Gasteiger partial charge in [0.2, 0.25) is 0 Å². The minimum Gasteiger partial charge on any atom is -0.488 e. The quantitative estimate of drug-likeness (QED) is 0.668. The number of fused-ring (bicyclic) bond motifs is 1. The van der Waals surface area contributed by atoms with Crippen LogP contribution in [0.3, 0.4) is 0 Å². The Kier molecular flexibility index (Phi) is 3.72. The Morgan fingerprint density at radius 1 is 1.00 bits per heavy atom. The largest absolute Gasteiger partial charge is 0.488 e. The van der Waals surface area contributed by atoms with Gasteiger partial charge < -0.3 is 4.74 Å². The van der Waals surface area contributed by atoms with Crippen LogP contribution >= 0.6 is 23.2 Å². The van der Waals surface area contributed by atoms with Crippen molar-refractivity contribution in [3.63, 3.8) is 0 Å². The summed E-state index contributed by atoms with van der Waals surface area (Å²) >= 11 is 11.8. The lowest BCUT2D eigenvalue weighted by molar-refractivity contribution is 0.309. The molecule has 1 aromatic carbocycles. The second kappa shape index (κ2) is 5.65. The monoisotopic (exact) mass is 304 g/mol. The van der Waals surface area contributed by atoms with Gasteiger partial charge in [-0.05, 0) is 36.4 Å². The van der Waals surface area contributed by atoms with Crippen molar-refractivity contribution in [2.24, 2.45) is 0 Å². The number of hydrogen-bond acceptors (Lipinski definition) is 3. The van der Waals surface area contributed by atoms with Gasteiger partial charge in [0, 0.05) is 17.1 Å². The van der Waals surface area contributed by atoms with E-state index in [1.54, 1.807) is 18.3 Å². The molecule has 3 aromatic rings. The summed E-state index contributed by atoms with van der Waals surface area (Å²) in [4.78, 5) is 8.28. The summed E-state index contributed by atoms with van der Waals surface area (Å²) in [6, 6.07) is 13.1. The lowest BCUT2D eigenvalue weighted by Gasteiger charge is -2.09. The molecule has 2 aromatic heterocycles. The molecule has 100 valence electrons. The molecule has 0 aliphatic rings. The minimum absolute atomic E-state index is 0.330. The van der Waals surface area contributed by atoms with E-state index in [4.69, 9.17) is 27.9 Å². The maximum Gasteiger partial charge on any atom is 0.137 e. The molecule has 0 amide bonds. The van der Waals surface area contributed by atoms with Gasteiger partial charge in [-0.25, -0.2) is 4.98 Å². The summed E-state index contributed by atoms with van der Waals surface area (Å²) in [5.41, 5.74) is 1.68. The van der Waals surface area contributed by atoms with Crippen molar-refractivity contribution in [3.05, 3.63) is 64.5 Å². The molecule has 0 saturated heterocycles. The third-order valence-corrected chi connectivity index (χ3v) is 3.42. The number of hydrogen-bond donors (Lipinski definition) is 0. The van der Waals surface area contributed by atoms with Crippen molar-refractivity contribution in [3.8, 4) is 5.75 Å². The zero-order chi connectivity index (χ0) is 13.9. The number of pyridine rings is 2. The first-order valence-electron chi connectivity index (χ1n) is 6.01. The minimum atomic E-state index is 0.330. The van der Waals surface area contributed by atoms with E-state index in [1.807, 2.05) is 30.3 Å². The van der Waals surface area contributed by atoms with Crippen LogP contribution in [0.2, 0.25) is 10.3 Å². The van der Waals surface area contributed by atoms with E-state index >= 15 is 0 Å². The van der Waals surface area contributed by atoms with Crippen LogP contribution in [0.4, 0.5) is 0 Å². The van der Waals surface area contributed by atoms with Crippen molar-refractivity contribution in [2.75, 3.05) is 0 Å². The van der Waals surface area contributed by atoms with Crippen LogP contribution < -0.4 is 4.74 Å². The smallest absolute Gasteiger partial charge is 0.137 e. The maximum absolute atomic E-state index is 6.03. The Hall–Kier alpha value is -1.84. The van der Waals surface area contributed by atoms with Gasteiger partial charge in [0.15, 0.2) is 0 Å². The van der Waals surface area contributed by atoms with Gasteiger partial charge in [-0.3, -0.25) is 4.98 Å². The second-order valence-electron chi connectivity index (χ2n) is 4.20. The summed E-state index contributed by atoms with van der Waals surface area (Å²) in [5, 5.41) is 1.69. The van der Waals surface area contributed by atoms with Crippen LogP contribution in [0, 0.1) is 0 Å². The maximum atomic E-state index is 6.03. The number of rotatable bonds is 3. The molecule has 0 N–H and O–H groups in total. The molecule has 0 saturated carbocycles. The predicted octanol–water partition coefficient (Wildman–Crippen LogP) is 4.52. The van der Waals surface area contributed by atoms with E-state index in [-0.39, 0.29) is 0 Å². The van der Waals surface area contributed by atoms with E-state index in [9.17, 15) is 0 Å². The topological polar surface area (TPSA) is 35.0 Å². The molecule has 0 radical (unpaired) electrons. The normalized spacial score (nSPS) is 10.7. The van der Waals surface area contributed by atoms with Crippen molar-refractivity contribution in [1.29, 1.82) is 0 Å². The number of ether oxygens (including phenoxy) is 1. The Morgan fingerprint density at radius 3 is 2.75 bits per heavy atom. The molecule has 0 aliphatic carbocycles. The van der Waals surface area contributed by atoms with Gasteiger partial charge in [0.05, 0.1) is 5.52 Å². The van der Waals surface area contributed by atoms with Gasteiger partial charge in [0.25, 0.3) is 0 Å². The van der Waals surface area contributed by atoms with Crippen molar-refractivity contribution < 1.29 is 4.74 Å². The lowest BCUT2D eigenvalue weighted by Crippen LogP contribution is -1.98. The molecular weight excluding hydrogens is 295 g/mol. The molecule has 0 aliphatic heterocycles. The Morgan fingerprint density at radius 2 is 1.90 bits per heavy atom. The summed E-state index contributed by atoms with van der Waals surface area (Å²) in [7, 11) is 0. The fraction of sp³-hybridized carbons (Fsp3) is 0.0667. The number of halogens is 2. The van der Waals surface area contributed by atoms with Gasteiger partial charge in [0.1, 0.15) is 22.7 Å². The van der Waals surface area contributed by atoms with Crippen LogP contribution in [-0.4, -0.2) is 9.97 Å². The van der Waals surface area contributed by atoms with E-state index in [0.717, 1.165) is 22.2 Å². The SMILES string of the molecule is Clc1ccc(COc2cccc3ncccc23)c(Cl)n1. The number of benzene rings is 1. The van der Waals surface area contributed by atoms with E-state index in [0.29, 0.717) is 16.9 Å². The molecular formula is C15H10Cl2N2O. The zero-order valence-corrected chi connectivity index (χ0v) is 11.9. The third kappa shape index (κ3) is 2.69. The standard InChI is InChI=1S/C15H10Cl2N2O/c16-14-7-6-10(15(17)19-14)9-20-13-5-1-4-12-11(13)3-2-8-18-12/h1-8H,9H2. The van der Waals surface area contributed by atoms with E-state index in [1.165, 1.54) is 0 Å². The lowest BCUT2D eigenvalue weighted by atomic mass is 10.2. The molecule has 0 atom stereocenters. The first kappa shape index (κ1) is 13.2. The van der Waals surface area contributed by atoms with E-state index in [2.05, 4.69) is 9.97 Å². The zero-order valence-electron chi connectivity index (χ0n) is 10.4. The van der Waals surface area contributed by atoms with Crippen LogP contribution in [0.25, 0.3) is 10.9 Å². The van der Waals surface area contributed by atoms with Gasteiger partial charge in [-0.15, -0.1) is 0 Å². The highest BCUT2D eigenvalue weighted by Gasteiger charge is 2.06. The number of aromatic nitrogens is 2. The Bertz CT molecular complexity index is 756. The van der Waals surface area contributed by atoms with Crippen molar-refractivity contribution >= 4 is 34.1 Å². The summed E-state index contributed by atoms with van der Waals surface area (Å²) in [6.07, 6.45) is 1.76. The second-order valence-corrected chi connectivity index (χ2v) is 4.94. The Labute approximate surface area is 126 Å². The summed E-state index contributed by atoms with van der Waals surface area (Å²) in [5.74, 6) is 0.765. The average molecular weight is 305 g/mol. The van der Waals surface area contributed by atoms with Gasteiger partial charge >= 0.3 is 0 Å². The molecule has 5 heteroatoms. The highest BCUT2D eigenvalue weighted by Crippen LogP contribution is 2.25. The van der Waals surface area contributed by atoms with Crippen LogP contribution in [0.1, 0.15) is 5.56 Å². The summed E-state index contributed by atoms with van der Waals surface area (Å²) in [6.45, 7) is 0.330. The highest BCUT2D eigenvalue weighted by atomic mass is 35.5. The molecule has 2 heterocycles. The van der Waals surface area contributed by atoms with Gasteiger partial charge in [-0.2, -0.15) is 0 Å². The molecule has 3 rings (SSSR count). The van der Waals surface area contributed by atoms with Gasteiger partial charge in [-0.1, -0.05) is 29.3 Å². The molecule has 3 nitrogen and oxygen atoms in total. The summed E-state index contributed by atoms with van der Waals surface area (Å²) < 4.78 is 5.82. The van der Waals surface area contributed by atoms with Crippen LogP contribution in [-0.2, 0) is 6.61 Å².